The van der Waals surface area contributed by atoms with E-state index in [0.29, 0.717) is 26.9 Å². The van der Waals surface area contributed by atoms with Crippen LogP contribution in [-0.4, -0.2) is 22.7 Å². The second-order valence-corrected chi connectivity index (χ2v) is 10.2. The lowest BCUT2D eigenvalue weighted by Crippen LogP contribution is -2.13. The lowest BCUT2D eigenvalue weighted by Gasteiger charge is -2.14. The molecule has 0 radical (unpaired) electrons. The summed E-state index contributed by atoms with van der Waals surface area (Å²) in [6.45, 7) is 1.94. The van der Waals surface area contributed by atoms with Crippen LogP contribution in [0.25, 0.3) is 33.1 Å². The van der Waals surface area contributed by atoms with Gasteiger partial charge in [0, 0.05) is 42.0 Å². The minimum atomic E-state index is -1.67. The van der Waals surface area contributed by atoms with Crippen molar-refractivity contribution in [3.63, 3.8) is 0 Å². The van der Waals surface area contributed by atoms with Crippen molar-refractivity contribution in [1.82, 2.24) is 18.5 Å². The Morgan fingerprint density at radius 3 is 2.55 bits per heavy atom. The highest BCUT2D eigenvalue weighted by atomic mass is 32.2. The number of ether oxygens (including phenoxy) is 1. The number of pyridine rings is 1. The predicted octanol–water partition coefficient (Wildman–Crippen LogP) is 5.83. The summed E-state index contributed by atoms with van der Waals surface area (Å²) < 4.78 is 50.7. The van der Waals surface area contributed by atoms with Gasteiger partial charge in [-0.3, -0.25) is 8.77 Å². The number of nitrogens with one attached hydrogen (secondary N) is 1. The number of rotatable bonds is 5. The molecule has 3 heterocycles. The molecular formula is C28H20F2N4O3S. The van der Waals surface area contributed by atoms with Gasteiger partial charge in [-0.1, -0.05) is 17.7 Å². The van der Waals surface area contributed by atoms with Crippen LogP contribution in [0.5, 0.6) is 11.5 Å². The molecule has 0 aliphatic carbocycles. The van der Waals surface area contributed by atoms with Gasteiger partial charge in [0.15, 0.2) is 28.3 Å². The molecule has 10 heteroatoms. The van der Waals surface area contributed by atoms with Crippen LogP contribution in [0.15, 0.2) is 89.1 Å². The number of hydrogen-bond donors (Lipinski definition) is 1. The smallest absolute Gasteiger partial charge is 0.273 e. The SMILES string of the molecule is Cc1ccc(S(=O)n2ccc3c(-c4ccc5c(ncn5C)c4Oc4ccc(F)cc4F)c[nH]c(=O)c32)cc1. The number of H-pyrrole nitrogens is 1. The second kappa shape index (κ2) is 9.07. The van der Waals surface area contributed by atoms with E-state index in [1.54, 1.807) is 41.4 Å². The summed E-state index contributed by atoms with van der Waals surface area (Å²) in [5.74, 6) is -1.54. The average molecular weight is 531 g/mol. The van der Waals surface area contributed by atoms with Crippen LogP contribution < -0.4 is 10.3 Å². The Kier molecular flexibility index (Phi) is 5.68. The molecule has 3 aromatic heterocycles. The largest absolute Gasteiger partial charge is 0.451 e. The number of nitrogens with zero attached hydrogens (tertiary/aromatic N) is 3. The van der Waals surface area contributed by atoms with Crippen LogP contribution in [0, 0.1) is 18.6 Å². The lowest BCUT2D eigenvalue weighted by atomic mass is 10.0. The van der Waals surface area contributed by atoms with Crippen LogP contribution in [0.3, 0.4) is 0 Å². The van der Waals surface area contributed by atoms with E-state index in [2.05, 4.69) is 9.97 Å². The molecule has 7 nitrogen and oxygen atoms in total. The van der Waals surface area contributed by atoms with Crippen LogP contribution in [0.4, 0.5) is 8.78 Å². The van der Waals surface area contributed by atoms with Crippen LogP contribution in [-0.2, 0) is 18.0 Å². The van der Waals surface area contributed by atoms with Crippen molar-refractivity contribution in [3.8, 4) is 22.6 Å². The maximum atomic E-state index is 14.6. The first kappa shape index (κ1) is 23.8. The van der Waals surface area contributed by atoms with Crippen molar-refractivity contribution in [2.45, 2.75) is 11.8 Å². The summed E-state index contributed by atoms with van der Waals surface area (Å²) in [5, 5.41) is 0.522. The number of aryl methyl sites for hydroxylation is 2. The number of imidazole rings is 1. The number of hydrogen-bond acceptors (Lipinski definition) is 4. The van der Waals surface area contributed by atoms with Gasteiger partial charge in [-0.05, 0) is 49.4 Å². The molecule has 0 saturated carbocycles. The minimum Gasteiger partial charge on any atom is -0.451 e. The number of aromatic nitrogens is 4. The van der Waals surface area contributed by atoms with Gasteiger partial charge in [0.2, 0.25) is 0 Å². The molecular weight excluding hydrogens is 510 g/mol. The molecule has 1 unspecified atom stereocenters. The Morgan fingerprint density at radius 2 is 1.79 bits per heavy atom. The summed E-state index contributed by atoms with van der Waals surface area (Å²) in [6.07, 6.45) is 4.73. The highest BCUT2D eigenvalue weighted by molar-refractivity contribution is 7.83. The van der Waals surface area contributed by atoms with Gasteiger partial charge in [-0.2, -0.15) is 0 Å². The third-order valence-corrected chi connectivity index (χ3v) is 7.69. The van der Waals surface area contributed by atoms with E-state index in [4.69, 9.17) is 4.74 Å². The minimum absolute atomic E-state index is 0.176. The number of aromatic amines is 1. The van der Waals surface area contributed by atoms with Crippen molar-refractivity contribution in [3.05, 3.63) is 107 Å². The average Bonchev–Trinajstić information content (AvgIpc) is 3.51. The molecule has 38 heavy (non-hydrogen) atoms. The molecule has 0 aliphatic heterocycles. The highest BCUT2D eigenvalue weighted by Crippen LogP contribution is 2.41. The highest BCUT2D eigenvalue weighted by Gasteiger charge is 2.22. The van der Waals surface area contributed by atoms with E-state index in [0.717, 1.165) is 23.2 Å². The molecule has 1 N–H and O–H groups in total. The maximum absolute atomic E-state index is 14.6. The van der Waals surface area contributed by atoms with Crippen LogP contribution in [0.1, 0.15) is 5.56 Å². The molecule has 0 aliphatic rings. The molecule has 6 aromatic rings. The Labute approximate surface area is 217 Å². The van der Waals surface area contributed by atoms with E-state index in [-0.39, 0.29) is 17.0 Å². The van der Waals surface area contributed by atoms with Gasteiger partial charge in [-0.25, -0.2) is 18.0 Å². The van der Waals surface area contributed by atoms with Crippen molar-refractivity contribution in [2.75, 3.05) is 0 Å². The molecule has 0 fully saturated rings. The molecule has 1 atom stereocenters. The summed E-state index contributed by atoms with van der Waals surface area (Å²) in [4.78, 5) is 20.7. The fraction of sp³-hybridized carbons (Fsp3) is 0.0714. The lowest BCUT2D eigenvalue weighted by molar-refractivity contribution is 0.442. The molecule has 0 amide bonds. The predicted molar refractivity (Wildman–Crippen MR) is 142 cm³/mol. The topological polar surface area (TPSA) is 81.9 Å². The summed E-state index contributed by atoms with van der Waals surface area (Å²) in [7, 11) is 0.145. The van der Waals surface area contributed by atoms with Crippen molar-refractivity contribution in [2.24, 2.45) is 7.05 Å². The third-order valence-electron chi connectivity index (χ3n) is 6.35. The first-order valence-electron chi connectivity index (χ1n) is 11.6. The number of fused-ring (bicyclic) bond motifs is 2. The van der Waals surface area contributed by atoms with E-state index >= 15 is 0 Å². The van der Waals surface area contributed by atoms with E-state index in [1.165, 1.54) is 16.2 Å². The molecule has 190 valence electrons. The van der Waals surface area contributed by atoms with Crippen LogP contribution in [0.2, 0.25) is 0 Å². The fourth-order valence-corrected chi connectivity index (χ4v) is 5.54. The summed E-state index contributed by atoms with van der Waals surface area (Å²) >= 11 is 0. The maximum Gasteiger partial charge on any atom is 0.273 e. The van der Waals surface area contributed by atoms with Gasteiger partial charge in [0.1, 0.15) is 16.9 Å². The number of halogens is 2. The molecule has 0 spiro atoms. The molecule has 0 saturated heterocycles. The van der Waals surface area contributed by atoms with Gasteiger partial charge < -0.3 is 14.3 Å². The van der Waals surface area contributed by atoms with Gasteiger partial charge in [-0.15, -0.1) is 0 Å². The second-order valence-electron chi connectivity index (χ2n) is 8.84. The monoisotopic (exact) mass is 530 g/mol. The van der Waals surface area contributed by atoms with E-state index in [9.17, 15) is 17.8 Å². The van der Waals surface area contributed by atoms with E-state index in [1.807, 2.05) is 32.2 Å². The summed E-state index contributed by atoms with van der Waals surface area (Å²) in [6, 6.07) is 15.6. The van der Waals surface area contributed by atoms with Gasteiger partial charge >= 0.3 is 0 Å². The molecule has 6 rings (SSSR count). The zero-order valence-electron chi connectivity index (χ0n) is 20.2. The van der Waals surface area contributed by atoms with Gasteiger partial charge in [0.05, 0.1) is 16.7 Å². The quantitative estimate of drug-likeness (QED) is 0.304. The zero-order valence-corrected chi connectivity index (χ0v) is 21.1. The Balaban J connectivity index is 1.56. The fourth-order valence-electron chi connectivity index (χ4n) is 4.43. The Hall–Kier alpha value is -4.57. The van der Waals surface area contributed by atoms with Crippen molar-refractivity contribution >= 4 is 32.9 Å². The van der Waals surface area contributed by atoms with Crippen molar-refractivity contribution < 1.29 is 17.7 Å². The third kappa shape index (κ3) is 3.90. The number of benzene rings is 3. The van der Waals surface area contributed by atoms with E-state index < -0.39 is 28.2 Å². The Bertz CT molecular complexity index is 1940. The van der Waals surface area contributed by atoms with Gasteiger partial charge in [0.25, 0.3) is 5.56 Å². The molecule has 0 bridgehead atoms. The summed E-state index contributed by atoms with van der Waals surface area (Å²) in [5.41, 5.74) is 3.07. The standard InChI is InChI=1S/C28H20F2N4O3S/c1-16-3-6-18(7-4-16)38(36)34-12-11-19-21(14-31-28(35)26(19)34)20-8-9-23-25(32-15-33(23)2)27(20)37-24-10-5-17(29)13-22(24)30/h3-15H,1-2H3,(H,31,35). The first-order valence-corrected chi connectivity index (χ1v) is 12.7. The van der Waals surface area contributed by atoms with Crippen LogP contribution >= 0.6 is 0 Å². The molecule has 3 aromatic carbocycles. The van der Waals surface area contributed by atoms with Crippen molar-refractivity contribution in [1.29, 1.82) is 0 Å². The Morgan fingerprint density at radius 1 is 1.00 bits per heavy atom. The normalized spacial score (nSPS) is 12.3. The first-order chi connectivity index (χ1) is 18.3. The zero-order chi connectivity index (χ0) is 26.6.